The number of halogens is 3. The van der Waals surface area contributed by atoms with E-state index in [0.29, 0.717) is 31.1 Å². The summed E-state index contributed by atoms with van der Waals surface area (Å²) < 4.78 is 38.9. The molecule has 2 atom stereocenters. The third-order valence-electron chi connectivity index (χ3n) is 6.02. The minimum absolute atomic E-state index is 0.0989. The molecular weight excluding hydrogens is 405 g/mol. The number of hydrogen-bond acceptors (Lipinski definition) is 4. The van der Waals surface area contributed by atoms with Gasteiger partial charge in [0.2, 0.25) is 5.91 Å². The minimum Gasteiger partial charge on any atom is -0.368 e. The normalized spacial score (nSPS) is 20.2. The van der Waals surface area contributed by atoms with Crippen molar-refractivity contribution in [2.24, 2.45) is 0 Å². The van der Waals surface area contributed by atoms with Crippen LogP contribution in [0.5, 0.6) is 0 Å². The molecule has 1 aromatic heterocycles. The molecule has 2 heterocycles. The number of aromatic nitrogens is 1. The zero-order chi connectivity index (χ0) is 22.2. The Balaban J connectivity index is 1.41. The lowest BCUT2D eigenvalue weighted by atomic mass is 10.0. The van der Waals surface area contributed by atoms with Crippen molar-refractivity contribution in [3.05, 3.63) is 59.4 Å². The summed E-state index contributed by atoms with van der Waals surface area (Å²) >= 11 is 0. The molecule has 31 heavy (non-hydrogen) atoms. The van der Waals surface area contributed by atoms with E-state index >= 15 is 0 Å². The first-order valence-corrected chi connectivity index (χ1v) is 10.6. The van der Waals surface area contributed by atoms with Crippen molar-refractivity contribution in [2.45, 2.75) is 43.4 Å². The van der Waals surface area contributed by atoms with Gasteiger partial charge in [-0.05, 0) is 56.5 Å². The number of pyridine rings is 1. The average Bonchev–Trinajstić information content (AvgIpc) is 3.47. The zero-order valence-corrected chi connectivity index (χ0v) is 17.7. The Morgan fingerprint density at radius 1 is 1.16 bits per heavy atom. The van der Waals surface area contributed by atoms with Gasteiger partial charge in [-0.15, -0.1) is 0 Å². The van der Waals surface area contributed by atoms with Crippen LogP contribution >= 0.6 is 0 Å². The molecule has 2 unspecified atom stereocenters. The standard InChI is InChI=1S/C23H27F3N4O/c1-29(2)21(17-7-5-16(6-8-17)15-3-4-15)22(31)28-19-9-10-30(14-19)20-11-18(12-27-13-20)23(24,25)26/h5-8,11-13,15,19,21H,3-4,9-10,14H2,1-2H3,(H,28,31). The smallest absolute Gasteiger partial charge is 0.368 e. The van der Waals surface area contributed by atoms with Gasteiger partial charge in [0.1, 0.15) is 6.04 Å². The molecule has 8 heteroatoms. The molecule has 166 valence electrons. The first-order valence-electron chi connectivity index (χ1n) is 10.6. The van der Waals surface area contributed by atoms with Crippen LogP contribution in [0.15, 0.2) is 42.7 Å². The molecule has 1 aliphatic heterocycles. The maximum atomic E-state index is 13.1. The molecule has 4 rings (SSSR count). The quantitative estimate of drug-likeness (QED) is 0.750. The highest BCUT2D eigenvalue weighted by atomic mass is 19.4. The average molecular weight is 432 g/mol. The van der Waals surface area contributed by atoms with E-state index in [0.717, 1.165) is 17.8 Å². The highest BCUT2D eigenvalue weighted by Gasteiger charge is 2.33. The van der Waals surface area contributed by atoms with Crippen LogP contribution in [0, 0.1) is 0 Å². The van der Waals surface area contributed by atoms with Crippen molar-refractivity contribution in [2.75, 3.05) is 32.1 Å². The van der Waals surface area contributed by atoms with E-state index in [2.05, 4.69) is 22.4 Å². The van der Waals surface area contributed by atoms with Crippen LogP contribution in [0.3, 0.4) is 0 Å². The van der Waals surface area contributed by atoms with Crippen molar-refractivity contribution in [1.82, 2.24) is 15.2 Å². The van der Waals surface area contributed by atoms with Gasteiger partial charge in [-0.25, -0.2) is 0 Å². The van der Waals surface area contributed by atoms with E-state index < -0.39 is 17.8 Å². The number of rotatable bonds is 6. The van der Waals surface area contributed by atoms with Crippen LogP contribution in [0.2, 0.25) is 0 Å². The number of carbonyl (C=O) groups is 1. The van der Waals surface area contributed by atoms with Crippen LogP contribution in [0.1, 0.15) is 47.9 Å². The van der Waals surface area contributed by atoms with Crippen LogP contribution < -0.4 is 10.2 Å². The molecule has 2 fully saturated rings. The maximum absolute atomic E-state index is 13.1. The summed E-state index contributed by atoms with van der Waals surface area (Å²) in [6.45, 7) is 1.02. The van der Waals surface area contributed by atoms with Gasteiger partial charge in [-0.2, -0.15) is 13.2 Å². The van der Waals surface area contributed by atoms with Gasteiger partial charge in [-0.1, -0.05) is 24.3 Å². The maximum Gasteiger partial charge on any atom is 0.417 e. The molecule has 0 bridgehead atoms. The van der Waals surface area contributed by atoms with Crippen molar-refractivity contribution >= 4 is 11.6 Å². The number of hydrogen-bond donors (Lipinski definition) is 1. The van der Waals surface area contributed by atoms with Gasteiger partial charge in [0.15, 0.2) is 0 Å². The van der Waals surface area contributed by atoms with Gasteiger partial charge in [0.25, 0.3) is 0 Å². The molecule has 2 aliphatic rings. The fourth-order valence-electron chi connectivity index (χ4n) is 4.20. The van der Waals surface area contributed by atoms with Crippen molar-refractivity contribution in [3.63, 3.8) is 0 Å². The van der Waals surface area contributed by atoms with Crippen LogP contribution in [0.4, 0.5) is 18.9 Å². The molecule has 1 aromatic carbocycles. The molecule has 1 N–H and O–H groups in total. The van der Waals surface area contributed by atoms with Gasteiger partial charge >= 0.3 is 6.18 Å². The number of likely N-dealkylation sites (N-methyl/N-ethyl adjacent to an activating group) is 1. The molecule has 2 aromatic rings. The topological polar surface area (TPSA) is 48.5 Å². The zero-order valence-electron chi connectivity index (χ0n) is 17.7. The molecule has 0 spiro atoms. The Morgan fingerprint density at radius 3 is 2.48 bits per heavy atom. The van der Waals surface area contributed by atoms with Gasteiger partial charge in [0.05, 0.1) is 17.4 Å². The molecule has 0 radical (unpaired) electrons. The predicted octanol–water partition coefficient (Wildman–Crippen LogP) is 3.98. The Morgan fingerprint density at radius 2 is 1.87 bits per heavy atom. The summed E-state index contributed by atoms with van der Waals surface area (Å²) in [5, 5.41) is 3.09. The molecular formula is C23H27F3N4O. The lowest BCUT2D eigenvalue weighted by Crippen LogP contribution is -2.43. The van der Waals surface area contributed by atoms with Crippen molar-refractivity contribution in [1.29, 1.82) is 0 Å². The van der Waals surface area contributed by atoms with Gasteiger partial charge < -0.3 is 10.2 Å². The number of alkyl halides is 3. The van der Waals surface area contributed by atoms with Gasteiger partial charge in [-0.3, -0.25) is 14.7 Å². The monoisotopic (exact) mass is 432 g/mol. The highest BCUT2D eigenvalue weighted by molar-refractivity contribution is 5.83. The lowest BCUT2D eigenvalue weighted by molar-refractivity contribution is -0.137. The molecule has 1 aliphatic carbocycles. The fraction of sp³-hybridized carbons (Fsp3) is 0.478. The molecule has 1 amide bonds. The predicted molar refractivity (Wildman–Crippen MR) is 113 cm³/mol. The molecule has 1 saturated heterocycles. The third kappa shape index (κ3) is 5.01. The summed E-state index contributed by atoms with van der Waals surface area (Å²) in [6.07, 6.45) is 0.971. The number of benzene rings is 1. The van der Waals surface area contributed by atoms with Gasteiger partial charge in [0, 0.05) is 25.3 Å². The molecule has 5 nitrogen and oxygen atoms in total. The fourth-order valence-corrected chi connectivity index (χ4v) is 4.20. The number of nitrogens with zero attached hydrogens (tertiary/aromatic N) is 3. The van der Waals surface area contributed by atoms with Crippen molar-refractivity contribution < 1.29 is 18.0 Å². The SMILES string of the molecule is CN(C)C(C(=O)NC1CCN(c2cncc(C(F)(F)F)c2)C1)c1ccc(C2CC2)cc1. The minimum atomic E-state index is -4.43. The Kier molecular flexibility index (Phi) is 5.92. The van der Waals surface area contributed by atoms with E-state index in [1.165, 1.54) is 24.6 Å². The summed E-state index contributed by atoms with van der Waals surface area (Å²) in [5.41, 5.74) is 1.91. The Labute approximate surface area is 180 Å². The van der Waals surface area contributed by atoms with Crippen LogP contribution in [-0.4, -0.2) is 49.0 Å². The van der Waals surface area contributed by atoms with Crippen LogP contribution in [0.25, 0.3) is 0 Å². The summed E-state index contributed by atoms with van der Waals surface area (Å²) in [7, 11) is 3.74. The van der Waals surface area contributed by atoms with E-state index in [1.54, 1.807) is 0 Å². The second-order valence-corrected chi connectivity index (χ2v) is 8.68. The Hall–Kier alpha value is -2.61. The second-order valence-electron chi connectivity index (χ2n) is 8.68. The highest BCUT2D eigenvalue weighted by Crippen LogP contribution is 2.40. The summed E-state index contributed by atoms with van der Waals surface area (Å²) in [4.78, 5) is 20.5. The number of carbonyl (C=O) groups excluding carboxylic acids is 1. The summed E-state index contributed by atoms with van der Waals surface area (Å²) in [5.74, 6) is 0.564. The first kappa shape index (κ1) is 21.6. The number of amides is 1. The third-order valence-corrected chi connectivity index (χ3v) is 6.02. The van der Waals surface area contributed by atoms with E-state index in [4.69, 9.17) is 0 Å². The van der Waals surface area contributed by atoms with E-state index in [1.807, 2.05) is 36.0 Å². The lowest BCUT2D eigenvalue weighted by Gasteiger charge is -2.26. The largest absolute Gasteiger partial charge is 0.417 e. The Bertz CT molecular complexity index is 925. The van der Waals surface area contributed by atoms with Crippen molar-refractivity contribution in [3.8, 4) is 0 Å². The first-order chi connectivity index (χ1) is 14.7. The molecule has 1 saturated carbocycles. The number of anilines is 1. The number of nitrogens with one attached hydrogen (secondary N) is 1. The van der Waals surface area contributed by atoms with E-state index in [9.17, 15) is 18.0 Å². The van der Waals surface area contributed by atoms with E-state index in [-0.39, 0.29) is 11.9 Å². The second kappa shape index (κ2) is 8.49. The van der Waals surface area contributed by atoms with Crippen LogP contribution in [-0.2, 0) is 11.0 Å². The summed E-state index contributed by atoms with van der Waals surface area (Å²) in [6, 6.07) is 8.82.